The SMILES string of the molecule is CC(NC(c1ccccc1)c1ccc(Cl)c(F)c1)c1cnc(NC(=O)C(C)(C)C)cn1.O=C(O)C(F)(F)F. The van der Waals surface area contributed by atoms with Crippen LogP contribution in [-0.4, -0.2) is 33.1 Å². The molecule has 0 aliphatic heterocycles. The molecule has 0 saturated carbocycles. The Morgan fingerprint density at radius 1 is 0.974 bits per heavy atom. The van der Waals surface area contributed by atoms with E-state index in [1.807, 2.05) is 58.0 Å². The number of anilines is 1. The third-order valence-corrected chi connectivity index (χ3v) is 5.41. The average molecular weight is 555 g/mol. The summed E-state index contributed by atoms with van der Waals surface area (Å²) in [6, 6.07) is 14.1. The van der Waals surface area contributed by atoms with E-state index >= 15 is 0 Å². The minimum Gasteiger partial charge on any atom is -0.475 e. The van der Waals surface area contributed by atoms with Gasteiger partial charge in [-0.1, -0.05) is 68.8 Å². The van der Waals surface area contributed by atoms with E-state index in [1.165, 1.54) is 12.3 Å². The molecule has 3 aromatic rings. The van der Waals surface area contributed by atoms with Crippen molar-refractivity contribution in [3.63, 3.8) is 0 Å². The van der Waals surface area contributed by atoms with Crippen LogP contribution in [0.3, 0.4) is 0 Å². The summed E-state index contributed by atoms with van der Waals surface area (Å²) in [5.41, 5.74) is 1.91. The monoisotopic (exact) mass is 554 g/mol. The second-order valence-electron chi connectivity index (χ2n) is 9.24. The number of nitrogens with one attached hydrogen (secondary N) is 2. The number of alkyl halides is 3. The molecule has 1 heterocycles. The van der Waals surface area contributed by atoms with Gasteiger partial charge in [0, 0.05) is 11.5 Å². The second kappa shape index (κ2) is 12.8. The van der Waals surface area contributed by atoms with E-state index in [9.17, 15) is 22.4 Å². The van der Waals surface area contributed by atoms with Crippen molar-refractivity contribution in [1.29, 1.82) is 0 Å². The molecule has 2 unspecified atom stereocenters. The Morgan fingerprint density at radius 2 is 1.58 bits per heavy atom. The summed E-state index contributed by atoms with van der Waals surface area (Å²) in [6.07, 6.45) is -1.92. The second-order valence-corrected chi connectivity index (χ2v) is 9.65. The predicted octanol–water partition coefficient (Wildman–Crippen LogP) is 6.33. The lowest BCUT2D eigenvalue weighted by molar-refractivity contribution is -0.192. The number of nitrogens with zero attached hydrogens (tertiary/aromatic N) is 2. The van der Waals surface area contributed by atoms with Crippen molar-refractivity contribution in [3.05, 3.63) is 88.6 Å². The molecule has 12 heteroatoms. The highest BCUT2D eigenvalue weighted by Gasteiger charge is 2.38. The molecule has 2 atom stereocenters. The number of hydrogen-bond donors (Lipinski definition) is 3. The van der Waals surface area contributed by atoms with Crippen molar-refractivity contribution in [1.82, 2.24) is 15.3 Å². The fraction of sp³-hybridized carbons (Fsp3) is 0.308. The predicted molar refractivity (Wildman–Crippen MR) is 135 cm³/mol. The van der Waals surface area contributed by atoms with Gasteiger partial charge in [0.05, 0.1) is 29.2 Å². The molecule has 0 aliphatic carbocycles. The van der Waals surface area contributed by atoms with Gasteiger partial charge in [-0.05, 0) is 30.2 Å². The Bertz CT molecular complexity index is 1230. The van der Waals surface area contributed by atoms with E-state index < -0.39 is 23.4 Å². The molecule has 0 saturated heterocycles. The molecule has 0 aliphatic rings. The fourth-order valence-corrected chi connectivity index (χ4v) is 3.11. The van der Waals surface area contributed by atoms with Crippen molar-refractivity contribution in [2.24, 2.45) is 5.41 Å². The van der Waals surface area contributed by atoms with Crippen molar-refractivity contribution in [2.45, 2.75) is 46.0 Å². The molecule has 2 aromatic carbocycles. The molecule has 0 spiro atoms. The average Bonchev–Trinajstić information content (AvgIpc) is 2.84. The van der Waals surface area contributed by atoms with Crippen LogP contribution in [0, 0.1) is 11.2 Å². The maximum absolute atomic E-state index is 14.1. The molecule has 3 rings (SSSR count). The highest BCUT2D eigenvalue weighted by molar-refractivity contribution is 6.30. The van der Waals surface area contributed by atoms with Gasteiger partial charge in [0.15, 0.2) is 5.82 Å². The number of carbonyl (C=O) groups is 2. The van der Waals surface area contributed by atoms with Gasteiger partial charge in [0.1, 0.15) is 5.82 Å². The molecule has 7 nitrogen and oxygen atoms in total. The number of benzene rings is 2. The van der Waals surface area contributed by atoms with Gasteiger partial charge in [-0.2, -0.15) is 13.2 Å². The van der Waals surface area contributed by atoms with Crippen LogP contribution in [0.15, 0.2) is 60.9 Å². The van der Waals surface area contributed by atoms with Gasteiger partial charge in [-0.3, -0.25) is 15.1 Å². The molecule has 0 fully saturated rings. The van der Waals surface area contributed by atoms with Crippen LogP contribution in [0.2, 0.25) is 5.02 Å². The normalized spacial score (nSPS) is 13.1. The molecule has 38 heavy (non-hydrogen) atoms. The smallest absolute Gasteiger partial charge is 0.475 e. The molecule has 0 bridgehead atoms. The zero-order chi connectivity index (χ0) is 28.7. The maximum Gasteiger partial charge on any atom is 0.490 e. The van der Waals surface area contributed by atoms with Crippen molar-refractivity contribution >= 4 is 29.3 Å². The lowest BCUT2D eigenvalue weighted by atomic mass is 9.96. The number of rotatable bonds is 6. The highest BCUT2D eigenvalue weighted by atomic mass is 35.5. The first-order chi connectivity index (χ1) is 17.6. The first-order valence-electron chi connectivity index (χ1n) is 11.3. The number of carbonyl (C=O) groups excluding carboxylic acids is 1. The quantitative estimate of drug-likeness (QED) is 0.308. The van der Waals surface area contributed by atoms with Crippen LogP contribution >= 0.6 is 11.6 Å². The number of halogens is 5. The number of carboxylic acid groups (broad SMARTS) is 1. The summed E-state index contributed by atoms with van der Waals surface area (Å²) in [4.78, 5) is 29.8. The zero-order valence-corrected chi connectivity index (χ0v) is 21.7. The Labute approximate surface area is 222 Å². The first-order valence-corrected chi connectivity index (χ1v) is 11.7. The highest BCUT2D eigenvalue weighted by Crippen LogP contribution is 2.28. The van der Waals surface area contributed by atoms with Crippen molar-refractivity contribution in [2.75, 3.05) is 5.32 Å². The Hall–Kier alpha value is -3.57. The standard InChI is InChI=1S/C24H26ClFN4O.C2HF3O2/c1-15(20-13-28-21(14-27-20)30-23(31)24(2,3)4)29-22(16-8-6-5-7-9-16)17-10-11-18(25)19(26)12-17;3-2(4,5)1(6)7/h5-15,22,29H,1-4H3,(H,28,30,31);(H,6,7). The van der Waals surface area contributed by atoms with Crippen molar-refractivity contribution in [3.8, 4) is 0 Å². The third-order valence-electron chi connectivity index (χ3n) is 5.11. The summed E-state index contributed by atoms with van der Waals surface area (Å²) in [5.74, 6) is -2.95. The summed E-state index contributed by atoms with van der Waals surface area (Å²) in [7, 11) is 0. The minimum absolute atomic E-state index is 0.0855. The largest absolute Gasteiger partial charge is 0.490 e. The van der Waals surface area contributed by atoms with Gasteiger partial charge in [0.25, 0.3) is 0 Å². The summed E-state index contributed by atoms with van der Waals surface area (Å²) in [6.45, 7) is 7.46. The summed E-state index contributed by atoms with van der Waals surface area (Å²) in [5, 5.41) is 13.5. The first kappa shape index (κ1) is 30.7. The van der Waals surface area contributed by atoms with Crippen molar-refractivity contribution < 1.29 is 32.3 Å². The van der Waals surface area contributed by atoms with Crippen LogP contribution in [-0.2, 0) is 9.59 Å². The summed E-state index contributed by atoms with van der Waals surface area (Å²) < 4.78 is 45.9. The van der Waals surface area contributed by atoms with E-state index in [-0.39, 0.29) is 23.0 Å². The van der Waals surface area contributed by atoms with Gasteiger partial charge < -0.3 is 10.4 Å². The molecular formula is C26H27ClF4N4O3. The van der Waals surface area contributed by atoms with Crippen LogP contribution in [0.4, 0.5) is 23.4 Å². The third kappa shape index (κ3) is 9.07. The number of hydrogen-bond acceptors (Lipinski definition) is 5. The topological polar surface area (TPSA) is 104 Å². The Morgan fingerprint density at radius 3 is 2.05 bits per heavy atom. The van der Waals surface area contributed by atoms with E-state index in [2.05, 4.69) is 20.6 Å². The van der Waals surface area contributed by atoms with E-state index in [4.69, 9.17) is 21.5 Å². The van der Waals surface area contributed by atoms with E-state index in [1.54, 1.807) is 18.3 Å². The van der Waals surface area contributed by atoms with Crippen LogP contribution in [0.1, 0.15) is 56.6 Å². The Kier molecular flexibility index (Phi) is 10.3. The van der Waals surface area contributed by atoms with Gasteiger partial charge in [-0.15, -0.1) is 0 Å². The lowest BCUT2D eigenvalue weighted by Gasteiger charge is -2.24. The molecule has 1 aromatic heterocycles. The molecule has 204 valence electrons. The van der Waals surface area contributed by atoms with Crippen LogP contribution < -0.4 is 10.6 Å². The Balaban J connectivity index is 0.000000638. The molecule has 3 N–H and O–H groups in total. The van der Waals surface area contributed by atoms with Gasteiger partial charge in [0.2, 0.25) is 5.91 Å². The molecule has 1 amide bonds. The zero-order valence-electron chi connectivity index (χ0n) is 21.0. The number of carboxylic acids is 1. The van der Waals surface area contributed by atoms with Crippen LogP contribution in [0.25, 0.3) is 0 Å². The van der Waals surface area contributed by atoms with E-state index in [0.717, 1.165) is 11.1 Å². The van der Waals surface area contributed by atoms with E-state index in [0.29, 0.717) is 11.5 Å². The van der Waals surface area contributed by atoms with Crippen LogP contribution in [0.5, 0.6) is 0 Å². The number of amides is 1. The number of aromatic nitrogens is 2. The minimum atomic E-state index is -5.08. The maximum atomic E-state index is 14.1. The summed E-state index contributed by atoms with van der Waals surface area (Å²) >= 11 is 5.87. The van der Waals surface area contributed by atoms with Gasteiger partial charge in [-0.25, -0.2) is 14.2 Å². The molecular weight excluding hydrogens is 528 g/mol. The number of aliphatic carboxylic acids is 1. The lowest BCUT2D eigenvalue weighted by Crippen LogP contribution is -2.28. The van der Waals surface area contributed by atoms with Gasteiger partial charge >= 0.3 is 12.1 Å². The molecule has 0 radical (unpaired) electrons. The fourth-order valence-electron chi connectivity index (χ4n) is 2.99.